The van der Waals surface area contributed by atoms with Gasteiger partial charge in [-0.1, -0.05) is 18.2 Å². The number of aliphatic carboxylic acids is 1. The zero-order chi connectivity index (χ0) is 17.2. The number of carboxylic acids is 1. The van der Waals surface area contributed by atoms with Gasteiger partial charge in [0, 0.05) is 17.4 Å². The van der Waals surface area contributed by atoms with Crippen molar-refractivity contribution in [3.05, 3.63) is 42.2 Å². The summed E-state index contributed by atoms with van der Waals surface area (Å²) in [5.41, 5.74) is 1.61. The van der Waals surface area contributed by atoms with Crippen LogP contribution in [0, 0.1) is 17.8 Å². The molecule has 132 valence electrons. The van der Waals surface area contributed by atoms with Gasteiger partial charge in [0.25, 0.3) is 0 Å². The van der Waals surface area contributed by atoms with Crippen molar-refractivity contribution in [2.45, 2.75) is 57.2 Å². The SMILES string of the molecule is CC1N(c2ccccc2)C=C(C(=O)O)N1C12CC3CC(CC(C3)C1)C2. The Bertz CT molecular complexity index is 691. The molecule has 4 saturated carbocycles. The topological polar surface area (TPSA) is 43.8 Å². The van der Waals surface area contributed by atoms with Crippen molar-refractivity contribution in [1.29, 1.82) is 0 Å². The van der Waals surface area contributed by atoms with E-state index in [-0.39, 0.29) is 11.7 Å². The van der Waals surface area contributed by atoms with E-state index in [4.69, 9.17) is 0 Å². The molecule has 0 spiro atoms. The fraction of sp³-hybridized carbons (Fsp3) is 0.571. The van der Waals surface area contributed by atoms with E-state index in [9.17, 15) is 9.90 Å². The highest BCUT2D eigenvalue weighted by Gasteiger charge is 2.57. The van der Waals surface area contributed by atoms with Crippen molar-refractivity contribution in [2.75, 3.05) is 4.90 Å². The number of para-hydroxylation sites is 1. The summed E-state index contributed by atoms with van der Waals surface area (Å²) in [5, 5.41) is 9.93. The van der Waals surface area contributed by atoms with Gasteiger partial charge in [-0.25, -0.2) is 4.79 Å². The number of nitrogens with zero attached hydrogens (tertiary/aromatic N) is 2. The number of hydrogen-bond acceptors (Lipinski definition) is 3. The molecule has 1 atom stereocenters. The molecular formula is C21H26N2O2. The molecule has 25 heavy (non-hydrogen) atoms. The lowest BCUT2D eigenvalue weighted by molar-refractivity contribution is -0.139. The Hall–Kier alpha value is -1.97. The summed E-state index contributed by atoms with van der Waals surface area (Å²) >= 11 is 0. The van der Waals surface area contributed by atoms with E-state index in [1.807, 2.05) is 24.4 Å². The van der Waals surface area contributed by atoms with Gasteiger partial charge in [0.05, 0.1) is 0 Å². The normalized spacial score (nSPS) is 39.0. The molecule has 1 aromatic carbocycles. The minimum Gasteiger partial charge on any atom is -0.477 e. The van der Waals surface area contributed by atoms with E-state index in [2.05, 4.69) is 28.9 Å². The van der Waals surface area contributed by atoms with E-state index in [0.29, 0.717) is 5.70 Å². The lowest BCUT2D eigenvalue weighted by Gasteiger charge is -2.61. The third-order valence-corrected chi connectivity index (χ3v) is 7.09. The number of carboxylic acid groups (broad SMARTS) is 1. The second-order valence-corrected chi connectivity index (χ2v) is 8.71. The molecule has 4 heteroatoms. The summed E-state index contributed by atoms with van der Waals surface area (Å²) in [6, 6.07) is 10.2. The quantitative estimate of drug-likeness (QED) is 0.903. The molecule has 1 aliphatic heterocycles. The summed E-state index contributed by atoms with van der Waals surface area (Å²) in [5.74, 6) is 1.62. The molecule has 4 nitrogen and oxygen atoms in total. The van der Waals surface area contributed by atoms with Gasteiger partial charge in [-0.3, -0.25) is 0 Å². The zero-order valence-electron chi connectivity index (χ0n) is 14.8. The van der Waals surface area contributed by atoms with E-state index < -0.39 is 5.97 Å². The standard InChI is InChI=1S/C21H26N2O2/c1-14-22(18-5-3-2-4-6-18)13-19(20(24)25)23(14)21-10-15-7-16(11-21)9-17(8-15)12-21/h2-6,13-17H,7-12H2,1H3,(H,24,25). The number of hydrogen-bond donors (Lipinski definition) is 1. The molecule has 4 bridgehead atoms. The van der Waals surface area contributed by atoms with Crippen LogP contribution < -0.4 is 4.90 Å². The van der Waals surface area contributed by atoms with Crippen molar-refractivity contribution in [3.63, 3.8) is 0 Å². The van der Waals surface area contributed by atoms with Crippen molar-refractivity contribution in [3.8, 4) is 0 Å². The van der Waals surface area contributed by atoms with Crippen molar-refractivity contribution >= 4 is 11.7 Å². The van der Waals surface area contributed by atoms with E-state index in [1.165, 1.54) is 38.5 Å². The summed E-state index contributed by atoms with van der Waals surface area (Å²) in [7, 11) is 0. The molecule has 1 unspecified atom stereocenters. The number of rotatable bonds is 3. The Morgan fingerprint density at radius 1 is 1.04 bits per heavy atom. The molecule has 4 aliphatic carbocycles. The number of benzene rings is 1. The van der Waals surface area contributed by atoms with Crippen molar-refractivity contribution in [2.24, 2.45) is 17.8 Å². The van der Waals surface area contributed by atoms with Crippen molar-refractivity contribution < 1.29 is 9.90 Å². The predicted molar refractivity (Wildman–Crippen MR) is 96.8 cm³/mol. The average molecular weight is 338 g/mol. The van der Waals surface area contributed by atoms with Gasteiger partial charge in [0.2, 0.25) is 0 Å². The van der Waals surface area contributed by atoms with Gasteiger partial charge < -0.3 is 14.9 Å². The molecule has 0 amide bonds. The minimum atomic E-state index is -0.791. The first-order valence-corrected chi connectivity index (χ1v) is 9.63. The first-order valence-electron chi connectivity index (χ1n) is 9.63. The highest BCUT2D eigenvalue weighted by molar-refractivity contribution is 5.88. The lowest BCUT2D eigenvalue weighted by atomic mass is 9.52. The average Bonchev–Trinajstić information content (AvgIpc) is 2.93. The Balaban J connectivity index is 1.54. The van der Waals surface area contributed by atoms with Gasteiger partial charge in [0.15, 0.2) is 0 Å². The number of carbonyl (C=O) groups is 1. The van der Waals surface area contributed by atoms with Gasteiger partial charge in [0.1, 0.15) is 11.9 Å². The fourth-order valence-corrected chi connectivity index (χ4v) is 6.69. The van der Waals surface area contributed by atoms with Crippen LogP contribution in [-0.4, -0.2) is 27.7 Å². The van der Waals surface area contributed by atoms with Gasteiger partial charge >= 0.3 is 5.97 Å². The summed E-state index contributed by atoms with van der Waals surface area (Å²) in [6.07, 6.45) is 9.57. The minimum absolute atomic E-state index is 0.0575. The van der Waals surface area contributed by atoms with Crippen LogP contribution in [0.1, 0.15) is 45.4 Å². The van der Waals surface area contributed by atoms with Crippen LogP contribution in [0.3, 0.4) is 0 Å². The van der Waals surface area contributed by atoms with E-state index in [1.54, 1.807) is 0 Å². The molecule has 5 aliphatic rings. The first kappa shape index (κ1) is 15.3. The molecule has 0 aromatic heterocycles. The third-order valence-electron chi connectivity index (χ3n) is 7.09. The first-order chi connectivity index (χ1) is 12.1. The lowest BCUT2D eigenvalue weighted by Crippen LogP contribution is -2.62. The smallest absolute Gasteiger partial charge is 0.353 e. The van der Waals surface area contributed by atoms with E-state index in [0.717, 1.165) is 23.4 Å². The Labute approximate surface area is 149 Å². The molecule has 0 radical (unpaired) electrons. The van der Waals surface area contributed by atoms with Crippen molar-refractivity contribution in [1.82, 2.24) is 4.90 Å². The molecular weight excluding hydrogens is 312 g/mol. The molecule has 4 fully saturated rings. The fourth-order valence-electron chi connectivity index (χ4n) is 6.69. The van der Waals surface area contributed by atoms with E-state index >= 15 is 0 Å². The van der Waals surface area contributed by atoms with Crippen LogP contribution in [0.5, 0.6) is 0 Å². The Kier molecular flexibility index (Phi) is 3.22. The molecule has 1 heterocycles. The van der Waals surface area contributed by atoms with Crippen LogP contribution in [-0.2, 0) is 4.79 Å². The summed E-state index contributed by atoms with van der Waals surface area (Å²) < 4.78 is 0. The van der Waals surface area contributed by atoms with Crippen LogP contribution in [0.2, 0.25) is 0 Å². The second kappa shape index (κ2) is 5.26. The molecule has 1 aromatic rings. The molecule has 1 N–H and O–H groups in total. The maximum atomic E-state index is 12.1. The summed E-state index contributed by atoms with van der Waals surface area (Å²) in [4.78, 5) is 16.5. The highest BCUT2D eigenvalue weighted by Crippen LogP contribution is 2.59. The third kappa shape index (κ3) is 2.22. The largest absolute Gasteiger partial charge is 0.477 e. The maximum absolute atomic E-state index is 12.1. The number of anilines is 1. The molecule has 0 saturated heterocycles. The molecule has 6 rings (SSSR count). The van der Waals surface area contributed by atoms with Gasteiger partial charge in [-0.05, 0) is 75.3 Å². The monoisotopic (exact) mass is 338 g/mol. The second-order valence-electron chi connectivity index (χ2n) is 8.71. The maximum Gasteiger partial charge on any atom is 0.353 e. The van der Waals surface area contributed by atoms with Crippen LogP contribution in [0.15, 0.2) is 42.2 Å². The Morgan fingerprint density at radius 3 is 2.12 bits per heavy atom. The van der Waals surface area contributed by atoms with Gasteiger partial charge in [-0.15, -0.1) is 0 Å². The van der Waals surface area contributed by atoms with Gasteiger partial charge in [-0.2, -0.15) is 0 Å². The highest BCUT2D eigenvalue weighted by atomic mass is 16.4. The Morgan fingerprint density at radius 2 is 1.60 bits per heavy atom. The summed E-state index contributed by atoms with van der Waals surface area (Å²) in [6.45, 7) is 2.16. The predicted octanol–water partition coefficient (Wildman–Crippen LogP) is 4.05. The van der Waals surface area contributed by atoms with Crippen LogP contribution in [0.4, 0.5) is 5.69 Å². The zero-order valence-corrected chi connectivity index (χ0v) is 14.8. The van der Waals surface area contributed by atoms with Crippen LogP contribution in [0.25, 0.3) is 0 Å². The van der Waals surface area contributed by atoms with Crippen LogP contribution >= 0.6 is 0 Å².